The summed E-state index contributed by atoms with van der Waals surface area (Å²) in [4.78, 5) is 4.92. The number of nitrogens with two attached hydrogens (primary N) is 1. The summed E-state index contributed by atoms with van der Waals surface area (Å²) in [6.45, 7) is 5.82. The van der Waals surface area contributed by atoms with E-state index in [1.54, 1.807) is 0 Å². The quantitative estimate of drug-likeness (QED) is 0.832. The van der Waals surface area contributed by atoms with E-state index >= 15 is 0 Å². The molecule has 2 N–H and O–H groups in total. The van der Waals surface area contributed by atoms with Gasteiger partial charge in [0.2, 0.25) is 0 Å². The predicted molar refractivity (Wildman–Crippen MR) is 77.6 cm³/mol. The molecule has 1 heterocycles. The third-order valence-corrected chi connectivity index (χ3v) is 5.29. The van der Waals surface area contributed by atoms with Crippen LogP contribution < -0.4 is 5.73 Å². The summed E-state index contributed by atoms with van der Waals surface area (Å²) in [5.74, 6) is 1.68. The van der Waals surface area contributed by atoms with Gasteiger partial charge >= 0.3 is 0 Å². The molecule has 0 amide bonds. The van der Waals surface area contributed by atoms with E-state index in [1.807, 2.05) is 0 Å². The number of likely N-dealkylation sites (N-methyl/N-ethyl adjacent to an activating group) is 2. The first-order valence-electron chi connectivity index (χ1n) is 7.76. The number of nitrogens with zero attached hydrogens (tertiary/aromatic N) is 2. The lowest BCUT2D eigenvalue weighted by atomic mass is 9.75. The fraction of sp³-hybridized carbons (Fsp3) is 1.00. The van der Waals surface area contributed by atoms with E-state index in [2.05, 4.69) is 30.8 Å². The highest BCUT2D eigenvalue weighted by Crippen LogP contribution is 2.34. The normalized spacial score (nSPS) is 37.7. The largest absolute Gasteiger partial charge is 0.326 e. The van der Waals surface area contributed by atoms with E-state index in [9.17, 15) is 0 Å². The molecular formula is C15H31N3. The maximum atomic E-state index is 6.62. The lowest BCUT2D eigenvalue weighted by Gasteiger charge is -2.44. The summed E-state index contributed by atoms with van der Waals surface area (Å²) in [6.07, 6.45) is 6.88. The van der Waals surface area contributed by atoms with Gasteiger partial charge in [-0.25, -0.2) is 0 Å². The van der Waals surface area contributed by atoms with Crippen molar-refractivity contribution >= 4 is 0 Å². The van der Waals surface area contributed by atoms with Crippen LogP contribution in [0.15, 0.2) is 0 Å². The number of rotatable bonds is 3. The highest BCUT2D eigenvalue weighted by molar-refractivity contribution is 4.92. The molecule has 18 heavy (non-hydrogen) atoms. The summed E-state index contributed by atoms with van der Waals surface area (Å²) in [7, 11) is 4.47. The second kappa shape index (κ2) is 6.36. The van der Waals surface area contributed by atoms with E-state index in [-0.39, 0.29) is 0 Å². The fourth-order valence-electron chi connectivity index (χ4n) is 3.83. The molecule has 0 aromatic heterocycles. The topological polar surface area (TPSA) is 32.5 Å². The Kier molecular flexibility index (Phi) is 5.05. The Labute approximate surface area is 113 Å². The molecule has 4 atom stereocenters. The molecule has 1 saturated carbocycles. The van der Waals surface area contributed by atoms with Gasteiger partial charge in [0.15, 0.2) is 0 Å². The van der Waals surface area contributed by atoms with Crippen molar-refractivity contribution in [1.29, 1.82) is 0 Å². The average Bonchev–Trinajstić information content (AvgIpc) is 2.41. The second-order valence-electron chi connectivity index (χ2n) is 6.59. The zero-order valence-electron chi connectivity index (χ0n) is 12.4. The molecule has 2 aliphatic rings. The third-order valence-electron chi connectivity index (χ3n) is 5.29. The summed E-state index contributed by atoms with van der Waals surface area (Å²) in [5.41, 5.74) is 6.62. The maximum Gasteiger partial charge on any atom is 0.0374 e. The molecule has 1 aliphatic carbocycles. The molecular weight excluding hydrogens is 222 g/mol. The Hall–Kier alpha value is -0.120. The van der Waals surface area contributed by atoms with Crippen LogP contribution in [0.25, 0.3) is 0 Å². The summed E-state index contributed by atoms with van der Waals surface area (Å²) < 4.78 is 0. The van der Waals surface area contributed by atoms with Crippen LogP contribution in [-0.4, -0.2) is 55.6 Å². The van der Waals surface area contributed by atoms with Gasteiger partial charge in [0.25, 0.3) is 0 Å². The fourth-order valence-corrected chi connectivity index (χ4v) is 3.83. The van der Waals surface area contributed by atoms with Crippen LogP contribution in [-0.2, 0) is 0 Å². The van der Waals surface area contributed by atoms with Gasteiger partial charge < -0.3 is 10.6 Å². The van der Waals surface area contributed by atoms with Crippen LogP contribution in [0.1, 0.15) is 39.0 Å². The van der Waals surface area contributed by atoms with Gasteiger partial charge in [-0.05, 0) is 38.8 Å². The van der Waals surface area contributed by atoms with E-state index in [1.165, 1.54) is 45.2 Å². The van der Waals surface area contributed by atoms with E-state index in [4.69, 9.17) is 5.73 Å². The van der Waals surface area contributed by atoms with Gasteiger partial charge in [-0.3, -0.25) is 4.90 Å². The maximum absolute atomic E-state index is 6.62. The minimum atomic E-state index is 0.368. The lowest BCUT2D eigenvalue weighted by Crippen LogP contribution is -2.59. The van der Waals surface area contributed by atoms with Crippen molar-refractivity contribution in [3.63, 3.8) is 0 Å². The zero-order valence-corrected chi connectivity index (χ0v) is 12.4. The van der Waals surface area contributed by atoms with Crippen molar-refractivity contribution in [2.75, 3.05) is 33.7 Å². The molecule has 3 nitrogen and oxygen atoms in total. The third kappa shape index (κ3) is 3.25. The van der Waals surface area contributed by atoms with Crippen molar-refractivity contribution in [3.05, 3.63) is 0 Å². The monoisotopic (exact) mass is 253 g/mol. The van der Waals surface area contributed by atoms with Gasteiger partial charge in [-0.1, -0.05) is 26.2 Å². The van der Waals surface area contributed by atoms with Crippen LogP contribution in [0.3, 0.4) is 0 Å². The van der Waals surface area contributed by atoms with Gasteiger partial charge in [0.1, 0.15) is 0 Å². The summed E-state index contributed by atoms with van der Waals surface area (Å²) >= 11 is 0. The minimum Gasteiger partial charge on any atom is -0.326 e. The number of hydrogen-bond acceptors (Lipinski definition) is 3. The van der Waals surface area contributed by atoms with E-state index in [0.717, 1.165) is 18.4 Å². The van der Waals surface area contributed by atoms with Crippen LogP contribution in [0.5, 0.6) is 0 Å². The first kappa shape index (κ1) is 14.3. The highest BCUT2D eigenvalue weighted by Gasteiger charge is 2.34. The van der Waals surface area contributed by atoms with Crippen LogP contribution in [0.2, 0.25) is 0 Å². The Bertz CT molecular complexity index is 256. The molecule has 2 rings (SSSR count). The van der Waals surface area contributed by atoms with Crippen molar-refractivity contribution in [1.82, 2.24) is 9.80 Å². The first-order valence-corrected chi connectivity index (χ1v) is 7.76. The van der Waals surface area contributed by atoms with Gasteiger partial charge in [0, 0.05) is 31.7 Å². The van der Waals surface area contributed by atoms with Crippen molar-refractivity contribution < 1.29 is 0 Å². The highest BCUT2D eigenvalue weighted by atomic mass is 15.3. The summed E-state index contributed by atoms with van der Waals surface area (Å²) in [5, 5.41) is 0. The molecule has 0 bridgehead atoms. The number of hydrogen-bond donors (Lipinski definition) is 1. The predicted octanol–water partition coefficient (Wildman–Crippen LogP) is 1.78. The molecule has 0 aromatic rings. The van der Waals surface area contributed by atoms with Crippen molar-refractivity contribution in [2.24, 2.45) is 17.6 Å². The second-order valence-corrected chi connectivity index (χ2v) is 6.59. The Balaban J connectivity index is 1.94. The first-order chi connectivity index (χ1) is 8.61. The molecule has 0 aromatic carbocycles. The van der Waals surface area contributed by atoms with Gasteiger partial charge in [-0.15, -0.1) is 0 Å². The van der Waals surface area contributed by atoms with Gasteiger partial charge in [-0.2, -0.15) is 0 Å². The standard InChI is InChI=1S/C15H31N3/c1-4-12-6-5-7-13(10-12)15(16)14-11-17(2)8-9-18(14)3/h12-15H,4-11,16H2,1-3H3. The Morgan fingerprint density at radius 2 is 2.00 bits per heavy atom. The molecule has 1 aliphatic heterocycles. The van der Waals surface area contributed by atoms with Crippen LogP contribution in [0.4, 0.5) is 0 Å². The Morgan fingerprint density at radius 1 is 1.22 bits per heavy atom. The average molecular weight is 253 g/mol. The SMILES string of the molecule is CCC1CCCC(C(N)C2CN(C)CCN2C)C1. The van der Waals surface area contributed by atoms with Crippen molar-refractivity contribution in [3.8, 4) is 0 Å². The molecule has 1 saturated heterocycles. The van der Waals surface area contributed by atoms with Gasteiger partial charge in [0.05, 0.1) is 0 Å². The number of piperazine rings is 1. The molecule has 2 fully saturated rings. The Morgan fingerprint density at radius 3 is 2.72 bits per heavy atom. The van der Waals surface area contributed by atoms with Crippen LogP contribution in [0, 0.1) is 11.8 Å². The minimum absolute atomic E-state index is 0.368. The van der Waals surface area contributed by atoms with E-state index < -0.39 is 0 Å². The van der Waals surface area contributed by atoms with Crippen LogP contribution >= 0.6 is 0 Å². The molecule has 0 radical (unpaired) electrons. The summed E-state index contributed by atoms with van der Waals surface area (Å²) in [6, 6.07) is 0.927. The molecule has 0 spiro atoms. The zero-order chi connectivity index (χ0) is 13.1. The smallest absolute Gasteiger partial charge is 0.0374 e. The lowest BCUT2D eigenvalue weighted by molar-refractivity contribution is 0.0691. The molecule has 3 heteroatoms. The van der Waals surface area contributed by atoms with E-state index in [0.29, 0.717) is 12.1 Å². The molecule has 106 valence electrons. The van der Waals surface area contributed by atoms with Crippen molar-refractivity contribution in [2.45, 2.75) is 51.1 Å². The molecule has 4 unspecified atom stereocenters.